The van der Waals surface area contributed by atoms with E-state index >= 15 is 0 Å². The van der Waals surface area contributed by atoms with Gasteiger partial charge in [0.1, 0.15) is 5.82 Å². The van der Waals surface area contributed by atoms with E-state index in [1.165, 1.54) is 0 Å². The summed E-state index contributed by atoms with van der Waals surface area (Å²) in [4.78, 5) is 8.51. The van der Waals surface area contributed by atoms with Crippen molar-refractivity contribution in [2.45, 2.75) is 25.8 Å². The van der Waals surface area contributed by atoms with Crippen molar-refractivity contribution in [3.63, 3.8) is 0 Å². The van der Waals surface area contributed by atoms with Crippen molar-refractivity contribution in [3.8, 4) is 0 Å². The van der Waals surface area contributed by atoms with Gasteiger partial charge in [-0.3, -0.25) is 0 Å². The van der Waals surface area contributed by atoms with Gasteiger partial charge in [0.25, 0.3) is 0 Å². The number of methoxy groups -OCH3 is 1. The summed E-state index contributed by atoms with van der Waals surface area (Å²) in [5, 5.41) is 4.64. The summed E-state index contributed by atoms with van der Waals surface area (Å²) in [7, 11) is 1.70. The number of halogens is 1. The van der Waals surface area contributed by atoms with E-state index < -0.39 is 0 Å². The lowest BCUT2D eigenvalue weighted by molar-refractivity contribution is 0.182. The molecule has 0 aliphatic carbocycles. The molecule has 2 rings (SSSR count). The molecular formula is C14H18ClN3O. The first-order valence-corrected chi connectivity index (χ1v) is 6.80. The molecule has 0 aliphatic rings. The number of benzene rings is 1. The predicted molar refractivity (Wildman–Crippen MR) is 78.7 cm³/mol. The summed E-state index contributed by atoms with van der Waals surface area (Å²) >= 11 is 5.97. The fraction of sp³-hybridized carbons (Fsp3) is 0.429. The molecule has 4 nitrogen and oxygen atoms in total. The van der Waals surface area contributed by atoms with Crippen LogP contribution in [0.1, 0.15) is 19.8 Å². The van der Waals surface area contributed by atoms with Crippen LogP contribution in [0.5, 0.6) is 0 Å². The monoisotopic (exact) mass is 279 g/mol. The molecule has 1 aromatic heterocycles. The molecule has 0 aliphatic heterocycles. The minimum atomic E-state index is 0.226. The van der Waals surface area contributed by atoms with Gasteiger partial charge in [-0.15, -0.1) is 0 Å². The molecule has 19 heavy (non-hydrogen) atoms. The molecule has 1 unspecified atom stereocenters. The summed E-state index contributed by atoms with van der Waals surface area (Å²) in [6, 6.07) is 8.05. The zero-order chi connectivity index (χ0) is 13.7. The Morgan fingerprint density at radius 2 is 2.11 bits per heavy atom. The highest BCUT2D eigenvalue weighted by Gasteiger charge is 2.12. The van der Waals surface area contributed by atoms with Crippen molar-refractivity contribution >= 4 is 28.3 Å². The van der Waals surface area contributed by atoms with Crippen LogP contribution in [0.25, 0.3) is 10.9 Å². The van der Waals surface area contributed by atoms with E-state index in [0.717, 1.165) is 29.6 Å². The Morgan fingerprint density at radius 1 is 1.32 bits per heavy atom. The van der Waals surface area contributed by atoms with Crippen LogP contribution in [-0.4, -0.2) is 29.7 Å². The third-order valence-electron chi connectivity index (χ3n) is 2.92. The van der Waals surface area contributed by atoms with Gasteiger partial charge in [-0.2, -0.15) is 0 Å². The SMILES string of the molecule is CCCC(COC)Nc1nc(Cl)nc2ccccc12. The largest absolute Gasteiger partial charge is 0.383 e. The van der Waals surface area contributed by atoms with Crippen molar-refractivity contribution < 1.29 is 4.74 Å². The van der Waals surface area contributed by atoms with Gasteiger partial charge in [0.15, 0.2) is 0 Å². The van der Waals surface area contributed by atoms with Crippen molar-refractivity contribution in [1.82, 2.24) is 9.97 Å². The normalized spacial score (nSPS) is 12.6. The summed E-state index contributed by atoms with van der Waals surface area (Å²) in [5.74, 6) is 0.770. The molecule has 0 fully saturated rings. The molecule has 2 aromatic rings. The van der Waals surface area contributed by atoms with Crippen molar-refractivity contribution in [3.05, 3.63) is 29.5 Å². The number of nitrogens with zero attached hydrogens (tertiary/aromatic N) is 2. The van der Waals surface area contributed by atoms with Crippen molar-refractivity contribution in [1.29, 1.82) is 0 Å². The molecule has 1 atom stereocenters. The number of hydrogen-bond acceptors (Lipinski definition) is 4. The number of hydrogen-bond donors (Lipinski definition) is 1. The number of aromatic nitrogens is 2. The van der Waals surface area contributed by atoms with Gasteiger partial charge in [0.05, 0.1) is 18.2 Å². The zero-order valence-electron chi connectivity index (χ0n) is 11.2. The quantitative estimate of drug-likeness (QED) is 0.822. The molecule has 1 aromatic carbocycles. The van der Waals surface area contributed by atoms with Crippen LogP contribution in [0.15, 0.2) is 24.3 Å². The van der Waals surface area contributed by atoms with Gasteiger partial charge in [0, 0.05) is 12.5 Å². The average molecular weight is 280 g/mol. The molecule has 0 bridgehead atoms. The predicted octanol–water partition coefficient (Wildman–Crippen LogP) is 3.51. The summed E-state index contributed by atoms with van der Waals surface area (Å²) in [6.45, 7) is 2.79. The highest BCUT2D eigenvalue weighted by molar-refractivity contribution is 6.28. The van der Waals surface area contributed by atoms with Crippen LogP contribution in [0.4, 0.5) is 5.82 Å². The molecule has 1 heterocycles. The van der Waals surface area contributed by atoms with Gasteiger partial charge < -0.3 is 10.1 Å². The van der Waals surface area contributed by atoms with E-state index in [0.29, 0.717) is 6.61 Å². The van der Waals surface area contributed by atoms with E-state index in [4.69, 9.17) is 16.3 Å². The molecule has 102 valence electrons. The van der Waals surface area contributed by atoms with Crippen LogP contribution < -0.4 is 5.32 Å². The molecule has 0 saturated carbocycles. The van der Waals surface area contributed by atoms with Crippen molar-refractivity contribution in [2.24, 2.45) is 0 Å². The van der Waals surface area contributed by atoms with Gasteiger partial charge in [0.2, 0.25) is 5.28 Å². The van der Waals surface area contributed by atoms with E-state index in [-0.39, 0.29) is 11.3 Å². The fourth-order valence-corrected chi connectivity index (χ4v) is 2.27. The first-order valence-electron chi connectivity index (χ1n) is 6.42. The van der Waals surface area contributed by atoms with Crippen LogP contribution >= 0.6 is 11.6 Å². The van der Waals surface area contributed by atoms with Crippen LogP contribution in [-0.2, 0) is 4.74 Å². The average Bonchev–Trinajstić information content (AvgIpc) is 2.39. The maximum atomic E-state index is 5.97. The Labute approximate surface area is 118 Å². The minimum Gasteiger partial charge on any atom is -0.383 e. The second-order valence-electron chi connectivity index (χ2n) is 4.44. The maximum Gasteiger partial charge on any atom is 0.224 e. The summed E-state index contributed by atoms with van der Waals surface area (Å²) in [6.07, 6.45) is 2.10. The number of rotatable bonds is 6. The number of fused-ring (bicyclic) bond motifs is 1. The molecule has 1 N–H and O–H groups in total. The Bertz CT molecular complexity index is 541. The molecule has 0 amide bonds. The molecule has 0 spiro atoms. The van der Waals surface area contributed by atoms with E-state index in [2.05, 4.69) is 22.2 Å². The Balaban J connectivity index is 2.32. The Morgan fingerprint density at radius 3 is 2.84 bits per heavy atom. The number of para-hydroxylation sites is 1. The van der Waals surface area contributed by atoms with Crippen LogP contribution in [0.2, 0.25) is 5.28 Å². The third-order valence-corrected chi connectivity index (χ3v) is 3.09. The molecule has 5 heteroatoms. The van der Waals surface area contributed by atoms with Gasteiger partial charge in [-0.1, -0.05) is 25.5 Å². The van der Waals surface area contributed by atoms with Crippen LogP contribution in [0, 0.1) is 0 Å². The lowest BCUT2D eigenvalue weighted by atomic mass is 10.1. The molecule has 0 saturated heterocycles. The van der Waals surface area contributed by atoms with Crippen molar-refractivity contribution in [2.75, 3.05) is 19.0 Å². The highest BCUT2D eigenvalue weighted by atomic mass is 35.5. The van der Waals surface area contributed by atoms with Gasteiger partial charge in [-0.05, 0) is 30.2 Å². The van der Waals surface area contributed by atoms with Crippen LogP contribution in [0.3, 0.4) is 0 Å². The zero-order valence-corrected chi connectivity index (χ0v) is 11.9. The number of nitrogens with one attached hydrogen (secondary N) is 1. The third kappa shape index (κ3) is 3.55. The standard InChI is InChI=1S/C14H18ClN3O/c1-3-6-10(9-19-2)16-13-11-7-4-5-8-12(11)17-14(15)18-13/h4-5,7-8,10H,3,6,9H2,1-2H3,(H,16,17,18). The van der Waals surface area contributed by atoms with Gasteiger partial charge >= 0.3 is 0 Å². The van der Waals surface area contributed by atoms with E-state index in [9.17, 15) is 0 Å². The Hall–Kier alpha value is -1.39. The second-order valence-corrected chi connectivity index (χ2v) is 4.78. The maximum absolute atomic E-state index is 5.97. The first-order chi connectivity index (χ1) is 9.24. The summed E-state index contributed by atoms with van der Waals surface area (Å²) in [5.41, 5.74) is 0.845. The Kier molecular flexibility index (Phi) is 4.93. The number of ether oxygens (including phenoxy) is 1. The lowest BCUT2D eigenvalue weighted by Crippen LogP contribution is -2.25. The lowest BCUT2D eigenvalue weighted by Gasteiger charge is -2.18. The summed E-state index contributed by atoms with van der Waals surface area (Å²) < 4.78 is 5.23. The topological polar surface area (TPSA) is 47.0 Å². The fourth-order valence-electron chi connectivity index (χ4n) is 2.10. The molecule has 0 radical (unpaired) electrons. The second kappa shape index (κ2) is 6.68. The minimum absolute atomic E-state index is 0.226. The van der Waals surface area contributed by atoms with E-state index in [1.54, 1.807) is 7.11 Å². The highest BCUT2D eigenvalue weighted by Crippen LogP contribution is 2.23. The first kappa shape index (κ1) is 14.0. The van der Waals surface area contributed by atoms with Gasteiger partial charge in [-0.25, -0.2) is 9.97 Å². The van der Waals surface area contributed by atoms with E-state index in [1.807, 2.05) is 24.3 Å². The smallest absolute Gasteiger partial charge is 0.224 e. The molecular weight excluding hydrogens is 262 g/mol. The number of anilines is 1.